The van der Waals surface area contributed by atoms with E-state index in [0.29, 0.717) is 0 Å². The van der Waals surface area contributed by atoms with Gasteiger partial charge in [-0.15, -0.1) is 0 Å². The second-order valence-electron chi connectivity index (χ2n) is 2.36. The van der Waals surface area contributed by atoms with E-state index >= 15 is 0 Å². The first kappa shape index (κ1) is 10.7. The number of rotatable bonds is 3. The van der Waals surface area contributed by atoms with E-state index in [0.717, 1.165) is 12.1 Å². The van der Waals surface area contributed by atoms with Crippen LogP contribution in [0.3, 0.4) is 0 Å². The molecule has 78 valence electrons. The monoisotopic (exact) mass is 212 g/mol. The standard InChI is InChI=1S/C8H5F5O/c9-3-4-1-2-5(14-8(12)13)7(11)6(4)10/h1-2,8H,3H2. The maximum Gasteiger partial charge on any atom is 0.387 e. The third-order valence-corrected chi connectivity index (χ3v) is 1.49. The maximum atomic E-state index is 12.8. The molecule has 0 bridgehead atoms. The molecule has 0 fully saturated rings. The van der Waals surface area contributed by atoms with E-state index in [4.69, 9.17) is 0 Å². The van der Waals surface area contributed by atoms with E-state index in [1.807, 2.05) is 0 Å². The number of alkyl halides is 3. The van der Waals surface area contributed by atoms with Gasteiger partial charge in [0.1, 0.15) is 6.67 Å². The highest BCUT2D eigenvalue weighted by atomic mass is 19.3. The number of hydrogen-bond donors (Lipinski definition) is 0. The normalized spacial score (nSPS) is 10.7. The second-order valence-corrected chi connectivity index (χ2v) is 2.36. The van der Waals surface area contributed by atoms with E-state index in [1.54, 1.807) is 0 Å². The van der Waals surface area contributed by atoms with Gasteiger partial charge in [-0.05, 0) is 12.1 Å². The van der Waals surface area contributed by atoms with Gasteiger partial charge in [0.15, 0.2) is 11.6 Å². The first-order valence-corrected chi connectivity index (χ1v) is 3.54. The lowest BCUT2D eigenvalue weighted by Crippen LogP contribution is -2.05. The molecule has 0 aliphatic carbocycles. The first-order valence-electron chi connectivity index (χ1n) is 3.54. The summed E-state index contributed by atoms with van der Waals surface area (Å²) in [4.78, 5) is 0. The van der Waals surface area contributed by atoms with Gasteiger partial charge in [-0.25, -0.2) is 8.78 Å². The predicted octanol–water partition coefficient (Wildman–Crippen LogP) is 3.04. The lowest BCUT2D eigenvalue weighted by atomic mass is 10.2. The van der Waals surface area contributed by atoms with Gasteiger partial charge in [-0.3, -0.25) is 0 Å². The van der Waals surface area contributed by atoms with Crippen molar-refractivity contribution in [3.63, 3.8) is 0 Å². The van der Waals surface area contributed by atoms with Crippen LogP contribution in [0.4, 0.5) is 22.0 Å². The maximum absolute atomic E-state index is 12.8. The van der Waals surface area contributed by atoms with Gasteiger partial charge in [0.05, 0.1) is 0 Å². The molecule has 0 heterocycles. The van der Waals surface area contributed by atoms with Crippen LogP contribution in [0.1, 0.15) is 5.56 Å². The van der Waals surface area contributed by atoms with Crippen molar-refractivity contribution in [3.8, 4) is 5.75 Å². The van der Waals surface area contributed by atoms with E-state index in [9.17, 15) is 22.0 Å². The molecular formula is C8H5F5O. The molecule has 1 aromatic carbocycles. The average molecular weight is 212 g/mol. The van der Waals surface area contributed by atoms with Crippen LogP contribution < -0.4 is 4.74 Å². The average Bonchev–Trinajstić information content (AvgIpc) is 2.13. The quantitative estimate of drug-likeness (QED) is 0.699. The number of ether oxygens (including phenoxy) is 1. The number of halogens is 5. The van der Waals surface area contributed by atoms with Gasteiger partial charge in [-0.2, -0.15) is 13.2 Å². The first-order chi connectivity index (χ1) is 6.56. The Bertz CT molecular complexity index is 326. The molecule has 0 amide bonds. The fourth-order valence-electron chi connectivity index (χ4n) is 0.862. The molecule has 14 heavy (non-hydrogen) atoms. The minimum absolute atomic E-state index is 0.538. The molecule has 1 aromatic rings. The Morgan fingerprint density at radius 3 is 2.29 bits per heavy atom. The minimum atomic E-state index is -3.25. The van der Waals surface area contributed by atoms with Crippen LogP contribution in [0.15, 0.2) is 12.1 Å². The van der Waals surface area contributed by atoms with Gasteiger partial charge in [0, 0.05) is 5.56 Å². The zero-order valence-electron chi connectivity index (χ0n) is 6.74. The fourth-order valence-corrected chi connectivity index (χ4v) is 0.862. The molecule has 0 radical (unpaired) electrons. The lowest BCUT2D eigenvalue weighted by Gasteiger charge is -2.07. The van der Waals surface area contributed by atoms with Gasteiger partial charge < -0.3 is 4.74 Å². The Kier molecular flexibility index (Phi) is 3.27. The van der Waals surface area contributed by atoms with Crippen LogP contribution in [0.5, 0.6) is 5.75 Å². The zero-order chi connectivity index (χ0) is 10.7. The topological polar surface area (TPSA) is 9.23 Å². The summed E-state index contributed by atoms with van der Waals surface area (Å²) in [6.45, 7) is -4.46. The largest absolute Gasteiger partial charge is 0.432 e. The SMILES string of the molecule is FCc1ccc(OC(F)F)c(F)c1F. The van der Waals surface area contributed by atoms with Crippen molar-refractivity contribution in [3.05, 3.63) is 29.3 Å². The van der Waals surface area contributed by atoms with E-state index in [2.05, 4.69) is 4.74 Å². The van der Waals surface area contributed by atoms with Crippen LogP contribution in [0.25, 0.3) is 0 Å². The Labute approximate surface area is 76.1 Å². The predicted molar refractivity (Wildman–Crippen MR) is 37.8 cm³/mol. The Morgan fingerprint density at radius 2 is 1.79 bits per heavy atom. The van der Waals surface area contributed by atoms with Crippen LogP contribution in [-0.2, 0) is 6.67 Å². The minimum Gasteiger partial charge on any atom is -0.432 e. The molecule has 1 rings (SSSR count). The summed E-state index contributed by atoms with van der Waals surface area (Å²) in [6.07, 6.45) is 0. The Balaban J connectivity index is 3.04. The number of hydrogen-bond acceptors (Lipinski definition) is 1. The number of benzene rings is 1. The van der Waals surface area contributed by atoms with Gasteiger partial charge in [0.2, 0.25) is 5.82 Å². The van der Waals surface area contributed by atoms with Crippen LogP contribution in [0.2, 0.25) is 0 Å². The van der Waals surface area contributed by atoms with Crippen molar-refractivity contribution < 1.29 is 26.7 Å². The molecule has 6 heteroatoms. The molecule has 0 aliphatic heterocycles. The van der Waals surface area contributed by atoms with Crippen molar-refractivity contribution in [1.82, 2.24) is 0 Å². The lowest BCUT2D eigenvalue weighted by molar-refractivity contribution is -0.0525. The molecule has 0 saturated heterocycles. The summed E-state index contributed by atoms with van der Waals surface area (Å²) >= 11 is 0. The molecule has 0 aromatic heterocycles. The molecule has 0 unspecified atom stereocenters. The Morgan fingerprint density at radius 1 is 1.14 bits per heavy atom. The van der Waals surface area contributed by atoms with E-state index in [1.165, 1.54) is 0 Å². The highest BCUT2D eigenvalue weighted by Gasteiger charge is 2.16. The fraction of sp³-hybridized carbons (Fsp3) is 0.250. The molecule has 0 atom stereocenters. The van der Waals surface area contributed by atoms with Gasteiger partial charge >= 0.3 is 6.61 Å². The second kappa shape index (κ2) is 4.26. The summed E-state index contributed by atoms with van der Waals surface area (Å²) in [6, 6.07) is 1.59. The third kappa shape index (κ3) is 2.12. The summed E-state index contributed by atoms with van der Waals surface area (Å²) in [5.74, 6) is -4.05. The summed E-state index contributed by atoms with van der Waals surface area (Å²) in [7, 11) is 0. The van der Waals surface area contributed by atoms with Crippen LogP contribution in [-0.4, -0.2) is 6.61 Å². The summed E-state index contributed by atoms with van der Waals surface area (Å²) in [5.41, 5.74) is -0.538. The smallest absolute Gasteiger partial charge is 0.387 e. The van der Waals surface area contributed by atoms with Crippen LogP contribution in [0, 0.1) is 11.6 Å². The highest BCUT2D eigenvalue weighted by Crippen LogP contribution is 2.24. The highest BCUT2D eigenvalue weighted by molar-refractivity contribution is 5.30. The zero-order valence-corrected chi connectivity index (χ0v) is 6.74. The van der Waals surface area contributed by atoms with Crippen molar-refractivity contribution in [2.24, 2.45) is 0 Å². The third-order valence-electron chi connectivity index (χ3n) is 1.49. The van der Waals surface area contributed by atoms with E-state index in [-0.39, 0.29) is 0 Å². The molecular weight excluding hydrogens is 207 g/mol. The van der Waals surface area contributed by atoms with Gasteiger partial charge in [-0.1, -0.05) is 0 Å². The molecule has 0 spiro atoms. The summed E-state index contributed by atoms with van der Waals surface area (Å²) in [5, 5.41) is 0. The van der Waals surface area contributed by atoms with Crippen molar-refractivity contribution in [2.75, 3.05) is 0 Å². The van der Waals surface area contributed by atoms with Crippen molar-refractivity contribution in [1.29, 1.82) is 0 Å². The van der Waals surface area contributed by atoms with E-state index < -0.39 is 36.2 Å². The molecule has 1 nitrogen and oxygen atoms in total. The molecule has 0 aliphatic rings. The van der Waals surface area contributed by atoms with Crippen molar-refractivity contribution >= 4 is 0 Å². The summed E-state index contributed by atoms with van der Waals surface area (Å²) < 4.78 is 64.5. The molecule has 0 saturated carbocycles. The molecule has 0 N–H and O–H groups in total. The van der Waals surface area contributed by atoms with Crippen molar-refractivity contribution in [2.45, 2.75) is 13.3 Å². The van der Waals surface area contributed by atoms with Crippen LogP contribution >= 0.6 is 0 Å². The van der Waals surface area contributed by atoms with Gasteiger partial charge in [0.25, 0.3) is 0 Å². The Hall–Kier alpha value is -1.33.